The van der Waals surface area contributed by atoms with E-state index in [1.165, 1.54) is 3.97 Å². The molecule has 2 aromatic heterocycles. The van der Waals surface area contributed by atoms with Gasteiger partial charge in [0.25, 0.3) is 10.0 Å². The summed E-state index contributed by atoms with van der Waals surface area (Å²) in [7, 11) is -2.26. The first-order valence-corrected chi connectivity index (χ1v) is 13.3. The highest BCUT2D eigenvalue weighted by Gasteiger charge is 2.28. The van der Waals surface area contributed by atoms with Crippen LogP contribution in [-0.4, -0.2) is 24.5 Å². The maximum absolute atomic E-state index is 14.2. The van der Waals surface area contributed by atoms with Gasteiger partial charge in [0.15, 0.2) is 0 Å². The van der Waals surface area contributed by atoms with E-state index < -0.39 is 10.0 Å². The Morgan fingerprint density at radius 2 is 1.57 bits per heavy atom. The van der Waals surface area contributed by atoms with Gasteiger partial charge >= 0.3 is 0 Å². The van der Waals surface area contributed by atoms with Crippen molar-refractivity contribution in [2.75, 3.05) is 7.11 Å². The SMILES string of the molecule is CCc1nc2c3ccccc3n(S(=O)(=O)c3ccc(C)cc3)c2c(-c2ccc(OC)cc2)c1CC. The number of methoxy groups -OCH3 is 1. The lowest BCUT2D eigenvalue weighted by Crippen LogP contribution is -2.14. The molecule has 0 bridgehead atoms. The molecule has 0 radical (unpaired) electrons. The van der Waals surface area contributed by atoms with E-state index >= 15 is 0 Å². The van der Waals surface area contributed by atoms with Gasteiger partial charge in [0, 0.05) is 16.6 Å². The van der Waals surface area contributed by atoms with Gasteiger partial charge in [-0.3, -0.25) is 4.98 Å². The Kier molecular flexibility index (Phi) is 5.85. The van der Waals surface area contributed by atoms with E-state index in [1.54, 1.807) is 19.2 Å². The smallest absolute Gasteiger partial charge is 0.268 e. The first kappa shape index (κ1) is 23.1. The Balaban J connectivity index is 1.99. The molecule has 0 unspecified atom stereocenters. The van der Waals surface area contributed by atoms with Gasteiger partial charge < -0.3 is 4.74 Å². The van der Waals surface area contributed by atoms with E-state index in [9.17, 15) is 8.42 Å². The molecule has 5 rings (SSSR count). The number of pyridine rings is 1. The van der Waals surface area contributed by atoms with Gasteiger partial charge in [-0.15, -0.1) is 0 Å². The molecular weight excluding hydrogens is 456 g/mol. The van der Waals surface area contributed by atoms with Gasteiger partial charge in [-0.25, -0.2) is 12.4 Å². The van der Waals surface area contributed by atoms with Gasteiger partial charge in [-0.05, 0) is 61.2 Å². The molecule has 5 nitrogen and oxygen atoms in total. The fourth-order valence-corrected chi connectivity index (χ4v) is 6.35. The highest BCUT2D eigenvalue weighted by molar-refractivity contribution is 7.90. The number of aromatic nitrogens is 2. The van der Waals surface area contributed by atoms with E-state index in [2.05, 4.69) is 13.8 Å². The number of aryl methyl sites for hydroxylation is 2. The summed E-state index contributed by atoms with van der Waals surface area (Å²) in [6.07, 6.45) is 1.49. The summed E-state index contributed by atoms with van der Waals surface area (Å²) in [5.74, 6) is 0.751. The topological polar surface area (TPSA) is 61.2 Å². The van der Waals surface area contributed by atoms with Crippen LogP contribution < -0.4 is 4.74 Å². The van der Waals surface area contributed by atoms with Crippen LogP contribution in [0.15, 0.2) is 77.7 Å². The number of para-hydroxylation sites is 1. The van der Waals surface area contributed by atoms with Crippen LogP contribution in [0.25, 0.3) is 33.1 Å². The van der Waals surface area contributed by atoms with Crippen LogP contribution in [0, 0.1) is 6.92 Å². The molecule has 5 aromatic rings. The maximum Gasteiger partial charge on any atom is 0.268 e. The molecule has 178 valence electrons. The van der Waals surface area contributed by atoms with Crippen LogP contribution in [0.2, 0.25) is 0 Å². The van der Waals surface area contributed by atoms with Crippen molar-refractivity contribution in [1.82, 2.24) is 8.96 Å². The predicted octanol–water partition coefficient (Wildman–Crippen LogP) is 6.54. The number of hydrogen-bond donors (Lipinski definition) is 0. The van der Waals surface area contributed by atoms with Crippen molar-refractivity contribution < 1.29 is 13.2 Å². The average Bonchev–Trinajstić information content (AvgIpc) is 3.22. The highest BCUT2D eigenvalue weighted by atomic mass is 32.2. The van der Waals surface area contributed by atoms with E-state index in [1.807, 2.05) is 67.6 Å². The lowest BCUT2D eigenvalue weighted by Gasteiger charge is -2.17. The molecule has 2 heterocycles. The number of fused-ring (bicyclic) bond motifs is 3. The first-order valence-electron chi connectivity index (χ1n) is 11.8. The lowest BCUT2D eigenvalue weighted by atomic mass is 9.94. The van der Waals surface area contributed by atoms with Crippen LogP contribution >= 0.6 is 0 Å². The minimum Gasteiger partial charge on any atom is -0.497 e. The lowest BCUT2D eigenvalue weighted by molar-refractivity contribution is 0.415. The Morgan fingerprint density at radius 1 is 0.886 bits per heavy atom. The Hall–Kier alpha value is -3.64. The normalized spacial score (nSPS) is 11.9. The van der Waals surface area contributed by atoms with Crippen molar-refractivity contribution in [2.45, 2.75) is 38.5 Å². The summed E-state index contributed by atoms with van der Waals surface area (Å²) in [5.41, 5.74) is 6.85. The molecule has 0 saturated heterocycles. The van der Waals surface area contributed by atoms with Crippen LogP contribution in [-0.2, 0) is 22.9 Å². The minimum atomic E-state index is -3.90. The summed E-state index contributed by atoms with van der Waals surface area (Å²) in [4.78, 5) is 5.30. The highest BCUT2D eigenvalue weighted by Crippen LogP contribution is 2.41. The van der Waals surface area contributed by atoms with Crippen molar-refractivity contribution in [3.8, 4) is 16.9 Å². The van der Waals surface area contributed by atoms with E-state index in [0.717, 1.165) is 51.9 Å². The van der Waals surface area contributed by atoms with Gasteiger partial charge in [0.05, 0.1) is 28.6 Å². The molecule has 0 fully saturated rings. The second-order valence-corrected chi connectivity index (χ2v) is 10.4. The summed E-state index contributed by atoms with van der Waals surface area (Å²) in [6.45, 7) is 6.13. The number of ether oxygens (including phenoxy) is 1. The summed E-state index contributed by atoms with van der Waals surface area (Å²) < 4.78 is 35.2. The molecule has 6 heteroatoms. The molecule has 0 saturated carbocycles. The van der Waals surface area contributed by atoms with Crippen molar-refractivity contribution in [3.63, 3.8) is 0 Å². The average molecular weight is 485 g/mol. The molecule has 0 amide bonds. The fourth-order valence-electron chi connectivity index (χ4n) is 4.83. The maximum atomic E-state index is 14.2. The van der Waals surface area contributed by atoms with Crippen LogP contribution in [0.3, 0.4) is 0 Å². The van der Waals surface area contributed by atoms with Gasteiger partial charge in [0.2, 0.25) is 0 Å². The van der Waals surface area contributed by atoms with Gasteiger partial charge in [0.1, 0.15) is 5.75 Å². The zero-order chi connectivity index (χ0) is 24.7. The largest absolute Gasteiger partial charge is 0.497 e. The molecule has 3 aromatic carbocycles. The molecule has 0 atom stereocenters. The number of rotatable bonds is 6. The minimum absolute atomic E-state index is 0.254. The van der Waals surface area contributed by atoms with Crippen molar-refractivity contribution >= 4 is 32.0 Å². The third-order valence-corrected chi connectivity index (χ3v) is 8.29. The number of hydrogen-bond acceptors (Lipinski definition) is 4. The second-order valence-electron chi connectivity index (χ2n) is 8.64. The van der Waals surface area contributed by atoms with Gasteiger partial charge in [-0.1, -0.05) is 61.9 Å². The zero-order valence-corrected chi connectivity index (χ0v) is 21.2. The Bertz CT molecular complexity index is 1650. The Morgan fingerprint density at radius 3 is 2.20 bits per heavy atom. The first-order chi connectivity index (χ1) is 16.9. The molecular formula is C29H28N2O3S. The molecule has 0 aliphatic heterocycles. The fraction of sp³-hybridized carbons (Fsp3) is 0.207. The Labute approximate surface area is 206 Å². The molecule has 0 spiro atoms. The monoisotopic (exact) mass is 484 g/mol. The molecule has 35 heavy (non-hydrogen) atoms. The number of nitrogens with zero attached hydrogens (tertiary/aromatic N) is 2. The predicted molar refractivity (Wildman–Crippen MR) is 142 cm³/mol. The van der Waals surface area contributed by atoms with E-state index in [0.29, 0.717) is 16.6 Å². The standard InChI is InChI=1S/C29H28N2O3S/c1-5-23-25(6-2)30-28-24-9-7-8-10-26(24)31(35(32,33)22-17-11-19(3)12-18-22)29(28)27(23)20-13-15-21(34-4)16-14-20/h7-18H,5-6H2,1-4H3. The molecule has 0 aliphatic rings. The van der Waals surface area contributed by atoms with Crippen LogP contribution in [0.1, 0.15) is 30.7 Å². The summed E-state index contributed by atoms with van der Waals surface area (Å²) in [6, 6.07) is 22.4. The second kappa shape index (κ2) is 8.86. The third kappa shape index (κ3) is 3.69. The quantitative estimate of drug-likeness (QED) is 0.275. The summed E-state index contributed by atoms with van der Waals surface area (Å²) >= 11 is 0. The van der Waals surface area contributed by atoms with Crippen molar-refractivity contribution in [3.05, 3.63) is 89.6 Å². The van der Waals surface area contributed by atoms with Crippen molar-refractivity contribution in [1.29, 1.82) is 0 Å². The number of benzene rings is 3. The summed E-state index contributed by atoms with van der Waals surface area (Å²) in [5, 5.41) is 0.824. The third-order valence-electron chi connectivity index (χ3n) is 6.57. The van der Waals surface area contributed by atoms with Gasteiger partial charge in [-0.2, -0.15) is 0 Å². The van der Waals surface area contributed by atoms with E-state index in [-0.39, 0.29) is 4.90 Å². The van der Waals surface area contributed by atoms with Crippen molar-refractivity contribution in [2.24, 2.45) is 0 Å². The zero-order valence-electron chi connectivity index (χ0n) is 20.4. The van der Waals surface area contributed by atoms with Crippen LogP contribution in [0.5, 0.6) is 5.75 Å². The van der Waals surface area contributed by atoms with Crippen LogP contribution in [0.4, 0.5) is 0 Å². The molecule has 0 N–H and O–H groups in total. The molecule has 0 aliphatic carbocycles. The van der Waals surface area contributed by atoms with E-state index in [4.69, 9.17) is 9.72 Å².